The molecule has 9 heteroatoms. The van der Waals surface area contributed by atoms with Gasteiger partial charge in [-0.15, -0.1) is 23.2 Å². The first-order chi connectivity index (χ1) is 8.51. The fraction of sp³-hybridized carbons (Fsp3) is 0.889. The van der Waals surface area contributed by atoms with Gasteiger partial charge in [-0.1, -0.05) is 0 Å². The first-order valence-corrected chi connectivity index (χ1v) is 8.20. The number of carbonyl (C=O) groups is 1. The van der Waals surface area contributed by atoms with Crippen molar-refractivity contribution < 1.29 is 18.6 Å². The Morgan fingerprint density at radius 1 is 1.50 bits per heavy atom. The molecule has 106 valence electrons. The van der Waals surface area contributed by atoms with E-state index in [0.717, 1.165) is 0 Å². The summed E-state index contributed by atoms with van der Waals surface area (Å²) in [7, 11) is -3.11. The summed E-state index contributed by atoms with van der Waals surface area (Å²) in [5, 5.41) is 2.79. The van der Waals surface area contributed by atoms with Gasteiger partial charge in [0.2, 0.25) is 0 Å². The molecule has 2 atom stereocenters. The highest BCUT2D eigenvalue weighted by Gasteiger charge is 2.37. The predicted octanol–water partition coefficient (Wildman–Crippen LogP) is 1.43. The molecule has 0 amide bonds. The van der Waals surface area contributed by atoms with Gasteiger partial charge in [-0.2, -0.15) is 0 Å². The van der Waals surface area contributed by atoms with E-state index in [0.29, 0.717) is 24.8 Å². The number of nitrogens with zero attached hydrogens (tertiary/aromatic N) is 1. The van der Waals surface area contributed by atoms with Crippen LogP contribution in [0.3, 0.4) is 0 Å². The van der Waals surface area contributed by atoms with Crippen LogP contribution in [-0.2, 0) is 18.6 Å². The maximum Gasteiger partial charge on any atom is 0.343 e. The molecule has 6 nitrogen and oxygen atoms in total. The van der Waals surface area contributed by atoms with E-state index in [4.69, 9.17) is 32.5 Å². The minimum Gasteiger partial charge on any atom is -0.459 e. The van der Waals surface area contributed by atoms with Crippen LogP contribution in [0, 0.1) is 0 Å². The molecule has 0 aliphatic carbocycles. The summed E-state index contributed by atoms with van der Waals surface area (Å²) in [5.74, 6) is 0.277. The first kappa shape index (κ1) is 16.2. The Labute approximate surface area is 116 Å². The summed E-state index contributed by atoms with van der Waals surface area (Å²) in [6.07, 6.45) is -0.418. The van der Waals surface area contributed by atoms with Crippen LogP contribution in [0.4, 0.5) is 0 Å². The monoisotopic (exact) mass is 318 g/mol. The minimum absolute atomic E-state index is 0.102. The predicted molar refractivity (Wildman–Crippen MR) is 70.1 cm³/mol. The van der Waals surface area contributed by atoms with Gasteiger partial charge < -0.3 is 9.26 Å². The van der Waals surface area contributed by atoms with Gasteiger partial charge in [-0.25, -0.2) is 9.76 Å². The van der Waals surface area contributed by atoms with Gasteiger partial charge in [0.05, 0.1) is 6.61 Å². The van der Waals surface area contributed by atoms with Crippen molar-refractivity contribution >= 4 is 36.8 Å². The van der Waals surface area contributed by atoms with Gasteiger partial charge in [0.15, 0.2) is 0 Å². The summed E-state index contributed by atoms with van der Waals surface area (Å²) in [4.78, 5) is 10.8. The number of carbonyl (C=O) groups excluding carboxylic acids is 1. The number of hydrogen-bond donors (Lipinski definition) is 1. The Morgan fingerprint density at radius 3 is 2.50 bits per heavy atom. The van der Waals surface area contributed by atoms with Crippen molar-refractivity contribution in [2.24, 2.45) is 0 Å². The fourth-order valence-corrected chi connectivity index (χ4v) is 4.20. The lowest BCUT2D eigenvalue weighted by molar-refractivity contribution is -0.148. The zero-order chi connectivity index (χ0) is 13.6. The maximum absolute atomic E-state index is 12.5. The fourth-order valence-electron chi connectivity index (χ4n) is 1.57. The van der Waals surface area contributed by atoms with Crippen LogP contribution in [0.1, 0.15) is 6.92 Å². The van der Waals surface area contributed by atoms with Crippen molar-refractivity contribution in [3.63, 3.8) is 0 Å². The van der Waals surface area contributed by atoms with Crippen molar-refractivity contribution in [1.29, 1.82) is 0 Å². The highest BCUT2D eigenvalue weighted by molar-refractivity contribution is 7.54. The normalized spacial score (nSPS) is 28.3. The van der Waals surface area contributed by atoms with Gasteiger partial charge in [0.25, 0.3) is 0 Å². The molecule has 0 aromatic carbocycles. The van der Waals surface area contributed by atoms with E-state index in [1.165, 1.54) is 6.92 Å². The van der Waals surface area contributed by atoms with Crippen LogP contribution >= 0.6 is 30.9 Å². The van der Waals surface area contributed by atoms with E-state index in [2.05, 4.69) is 5.09 Å². The van der Waals surface area contributed by atoms with E-state index in [1.807, 2.05) is 0 Å². The van der Waals surface area contributed by atoms with Crippen LogP contribution in [0.25, 0.3) is 0 Å². The van der Waals surface area contributed by atoms with Gasteiger partial charge in [0.1, 0.15) is 6.10 Å². The molecule has 1 rings (SSSR count). The lowest BCUT2D eigenvalue weighted by Crippen LogP contribution is -2.43. The van der Waals surface area contributed by atoms with Gasteiger partial charge >= 0.3 is 13.6 Å². The van der Waals surface area contributed by atoms with Crippen molar-refractivity contribution in [1.82, 2.24) is 9.76 Å². The van der Waals surface area contributed by atoms with E-state index in [-0.39, 0.29) is 19.1 Å². The van der Waals surface area contributed by atoms with Crippen LogP contribution in [0.2, 0.25) is 0 Å². The number of esters is 1. The Morgan fingerprint density at radius 2 is 2.11 bits per heavy atom. The molecule has 0 bridgehead atoms. The van der Waals surface area contributed by atoms with E-state index in [1.54, 1.807) is 4.67 Å². The third-order valence-corrected chi connectivity index (χ3v) is 4.91. The van der Waals surface area contributed by atoms with E-state index < -0.39 is 13.8 Å². The van der Waals surface area contributed by atoms with Gasteiger partial charge in [0, 0.05) is 38.3 Å². The van der Waals surface area contributed by atoms with Crippen molar-refractivity contribution in [2.75, 3.05) is 38.0 Å². The van der Waals surface area contributed by atoms with E-state index >= 15 is 0 Å². The van der Waals surface area contributed by atoms with Gasteiger partial charge in [-0.3, -0.25) is 9.36 Å². The van der Waals surface area contributed by atoms with Crippen molar-refractivity contribution in [2.45, 2.75) is 13.0 Å². The molecule has 1 aliphatic rings. The number of rotatable bonds is 6. The van der Waals surface area contributed by atoms with Crippen LogP contribution < -0.4 is 5.09 Å². The Kier molecular flexibility index (Phi) is 6.92. The van der Waals surface area contributed by atoms with E-state index in [9.17, 15) is 9.36 Å². The molecule has 0 spiro atoms. The smallest absolute Gasteiger partial charge is 0.343 e. The standard InChI is InChI=1S/C9H17Cl2N2O4P/c1-8(14)17-9-6-12-18(15,16-7-9)13(4-2-10)5-3-11/h9H,2-7H2,1H3,(H,12,15). The topological polar surface area (TPSA) is 67.9 Å². The molecule has 0 aromatic heterocycles. The number of ether oxygens (including phenoxy) is 1. The molecule has 1 saturated heterocycles. The molecule has 1 N–H and O–H groups in total. The van der Waals surface area contributed by atoms with Crippen LogP contribution in [-0.4, -0.2) is 54.7 Å². The molecule has 0 aromatic rings. The molecule has 1 fully saturated rings. The largest absolute Gasteiger partial charge is 0.459 e. The van der Waals surface area contributed by atoms with Crippen molar-refractivity contribution in [3.8, 4) is 0 Å². The zero-order valence-corrected chi connectivity index (χ0v) is 12.5. The summed E-state index contributed by atoms with van der Waals surface area (Å²) >= 11 is 11.3. The third kappa shape index (κ3) is 4.68. The number of halogens is 2. The average Bonchev–Trinajstić information content (AvgIpc) is 2.32. The summed E-state index contributed by atoms with van der Waals surface area (Å²) in [6.45, 7) is 2.54. The lowest BCUT2D eigenvalue weighted by atomic mass is 10.4. The average molecular weight is 319 g/mol. The minimum atomic E-state index is -3.11. The third-order valence-electron chi connectivity index (χ3n) is 2.34. The Hall–Kier alpha value is 0.160. The first-order valence-electron chi connectivity index (χ1n) is 5.56. The highest BCUT2D eigenvalue weighted by Crippen LogP contribution is 2.48. The molecule has 0 saturated carbocycles. The molecular formula is C9H17Cl2N2O4P. The molecule has 18 heavy (non-hydrogen) atoms. The molecule has 0 radical (unpaired) electrons. The zero-order valence-electron chi connectivity index (χ0n) is 10.1. The summed E-state index contributed by atoms with van der Waals surface area (Å²) in [5.41, 5.74) is 0. The second kappa shape index (κ2) is 7.68. The number of alkyl halides is 2. The SMILES string of the molecule is CC(=O)OC1CNP(=O)(N(CCCl)CCCl)OC1. The second-order valence-electron chi connectivity index (χ2n) is 3.74. The van der Waals surface area contributed by atoms with Gasteiger partial charge in [-0.05, 0) is 0 Å². The van der Waals surface area contributed by atoms with Crippen LogP contribution in [0.5, 0.6) is 0 Å². The molecule has 1 heterocycles. The maximum atomic E-state index is 12.5. The molecular weight excluding hydrogens is 302 g/mol. The quantitative estimate of drug-likeness (QED) is 0.454. The summed E-state index contributed by atoms with van der Waals surface area (Å²) < 4.78 is 24.4. The molecule has 2 unspecified atom stereocenters. The molecule has 1 aliphatic heterocycles. The summed E-state index contributed by atoms with van der Waals surface area (Å²) in [6, 6.07) is 0. The number of hydrogen-bond acceptors (Lipinski definition) is 4. The highest BCUT2D eigenvalue weighted by atomic mass is 35.5. The number of nitrogens with one attached hydrogen (secondary N) is 1. The lowest BCUT2D eigenvalue weighted by Gasteiger charge is -2.35. The Bertz CT molecular complexity index is 314. The van der Waals surface area contributed by atoms with Crippen molar-refractivity contribution in [3.05, 3.63) is 0 Å². The second-order valence-corrected chi connectivity index (χ2v) is 6.68. The van der Waals surface area contributed by atoms with Crippen LogP contribution in [0.15, 0.2) is 0 Å². The Balaban J connectivity index is 2.56.